The van der Waals surface area contributed by atoms with E-state index in [4.69, 9.17) is 0 Å². The number of rotatable bonds is 8. The molecule has 0 unspecified atom stereocenters. The van der Waals surface area contributed by atoms with Gasteiger partial charge in [-0.1, -0.05) is 12.1 Å². The molecule has 1 heterocycles. The molecule has 1 N–H and O–H groups in total. The first kappa shape index (κ1) is 15.8. The average Bonchev–Trinajstić information content (AvgIpc) is 2.40. The molecule has 0 saturated heterocycles. The van der Waals surface area contributed by atoms with E-state index in [0.29, 0.717) is 13.1 Å². The number of allylic oxidation sites excluding steroid dienone is 1. The summed E-state index contributed by atoms with van der Waals surface area (Å²) in [6.45, 7) is 4.75. The SMILES string of the molecule is C=CCCCN(C)S(=O)(=O)c1ccc(CNC)cn1. The molecule has 0 amide bonds. The summed E-state index contributed by atoms with van der Waals surface area (Å²) in [7, 11) is -0.0812. The highest BCUT2D eigenvalue weighted by Crippen LogP contribution is 2.12. The average molecular weight is 283 g/mol. The smallest absolute Gasteiger partial charge is 0.260 e. The van der Waals surface area contributed by atoms with E-state index in [1.54, 1.807) is 31.5 Å². The van der Waals surface area contributed by atoms with Crippen LogP contribution < -0.4 is 5.32 Å². The van der Waals surface area contributed by atoms with Crippen molar-refractivity contribution in [2.45, 2.75) is 24.4 Å². The van der Waals surface area contributed by atoms with Crippen LogP contribution in [0, 0.1) is 0 Å². The molecule has 106 valence electrons. The van der Waals surface area contributed by atoms with E-state index in [2.05, 4.69) is 16.9 Å². The summed E-state index contributed by atoms with van der Waals surface area (Å²) in [5.74, 6) is 0. The van der Waals surface area contributed by atoms with Crippen LogP contribution in [0.1, 0.15) is 18.4 Å². The maximum absolute atomic E-state index is 12.2. The molecule has 6 heteroatoms. The van der Waals surface area contributed by atoms with Gasteiger partial charge >= 0.3 is 0 Å². The zero-order chi connectivity index (χ0) is 14.3. The molecular weight excluding hydrogens is 262 g/mol. The fraction of sp³-hybridized carbons (Fsp3) is 0.462. The summed E-state index contributed by atoms with van der Waals surface area (Å²) in [5, 5.41) is 3.08. The third-order valence-corrected chi connectivity index (χ3v) is 4.51. The monoisotopic (exact) mass is 283 g/mol. The third-order valence-electron chi connectivity index (χ3n) is 2.73. The van der Waals surface area contributed by atoms with Crippen LogP contribution in [-0.4, -0.2) is 38.3 Å². The van der Waals surface area contributed by atoms with Crippen molar-refractivity contribution in [3.05, 3.63) is 36.5 Å². The van der Waals surface area contributed by atoms with Gasteiger partial charge in [0.2, 0.25) is 0 Å². The van der Waals surface area contributed by atoms with Gasteiger partial charge in [0.1, 0.15) is 0 Å². The first-order valence-electron chi connectivity index (χ1n) is 6.19. The van der Waals surface area contributed by atoms with Crippen LogP contribution in [0.4, 0.5) is 0 Å². The maximum atomic E-state index is 12.2. The van der Waals surface area contributed by atoms with Gasteiger partial charge in [0.25, 0.3) is 10.0 Å². The van der Waals surface area contributed by atoms with Crippen molar-refractivity contribution in [3.63, 3.8) is 0 Å². The van der Waals surface area contributed by atoms with E-state index in [9.17, 15) is 8.42 Å². The Morgan fingerprint density at radius 2 is 2.21 bits per heavy atom. The molecule has 0 bridgehead atoms. The van der Waals surface area contributed by atoms with E-state index in [1.165, 1.54) is 4.31 Å². The molecule has 0 aliphatic carbocycles. The van der Waals surface area contributed by atoms with Crippen molar-refractivity contribution in [1.82, 2.24) is 14.6 Å². The topological polar surface area (TPSA) is 62.3 Å². The number of nitrogens with zero attached hydrogens (tertiary/aromatic N) is 2. The highest BCUT2D eigenvalue weighted by Gasteiger charge is 2.21. The van der Waals surface area contributed by atoms with Gasteiger partial charge in [-0.3, -0.25) is 0 Å². The normalized spacial score (nSPS) is 11.7. The molecule has 0 fully saturated rings. The minimum atomic E-state index is -3.48. The molecule has 19 heavy (non-hydrogen) atoms. The van der Waals surface area contributed by atoms with Crippen LogP contribution in [0.3, 0.4) is 0 Å². The first-order valence-corrected chi connectivity index (χ1v) is 7.63. The van der Waals surface area contributed by atoms with Crippen molar-refractivity contribution in [2.75, 3.05) is 20.6 Å². The molecule has 1 rings (SSSR count). The van der Waals surface area contributed by atoms with Gasteiger partial charge in [0.15, 0.2) is 5.03 Å². The summed E-state index contributed by atoms with van der Waals surface area (Å²) < 4.78 is 25.8. The van der Waals surface area contributed by atoms with E-state index in [0.717, 1.165) is 18.4 Å². The second-order valence-corrected chi connectivity index (χ2v) is 6.28. The molecule has 0 aromatic carbocycles. The predicted octanol–water partition coefficient (Wildman–Crippen LogP) is 1.39. The summed E-state index contributed by atoms with van der Waals surface area (Å²) in [5.41, 5.74) is 0.954. The van der Waals surface area contributed by atoms with Gasteiger partial charge in [-0.2, -0.15) is 4.31 Å². The Labute approximate surface area is 115 Å². The molecule has 0 saturated carbocycles. The molecule has 1 aromatic rings. The van der Waals surface area contributed by atoms with E-state index < -0.39 is 10.0 Å². The molecule has 5 nitrogen and oxygen atoms in total. The molecule has 0 atom stereocenters. The molecule has 0 aliphatic heterocycles. The Balaban J connectivity index is 2.78. The van der Waals surface area contributed by atoms with Crippen molar-refractivity contribution < 1.29 is 8.42 Å². The Morgan fingerprint density at radius 3 is 2.74 bits per heavy atom. The predicted molar refractivity (Wildman–Crippen MR) is 76.2 cm³/mol. The van der Waals surface area contributed by atoms with Crippen molar-refractivity contribution in [3.8, 4) is 0 Å². The van der Waals surface area contributed by atoms with Crippen LogP contribution in [-0.2, 0) is 16.6 Å². The van der Waals surface area contributed by atoms with Gasteiger partial charge in [0.05, 0.1) is 0 Å². The van der Waals surface area contributed by atoms with Crippen LogP contribution >= 0.6 is 0 Å². The summed E-state index contributed by atoms with van der Waals surface area (Å²) in [6, 6.07) is 3.32. The molecule has 0 radical (unpaired) electrons. The Hall–Kier alpha value is -1.24. The number of aromatic nitrogens is 1. The number of nitrogens with one attached hydrogen (secondary N) is 1. The fourth-order valence-electron chi connectivity index (χ4n) is 1.61. The fourth-order valence-corrected chi connectivity index (χ4v) is 2.73. The molecular formula is C13H21N3O2S. The third kappa shape index (κ3) is 4.41. The quantitative estimate of drug-likeness (QED) is 0.578. The lowest BCUT2D eigenvalue weighted by atomic mass is 10.3. The van der Waals surface area contributed by atoms with Crippen molar-refractivity contribution in [1.29, 1.82) is 0 Å². The van der Waals surface area contributed by atoms with E-state index in [1.807, 2.05) is 7.05 Å². The lowest BCUT2D eigenvalue weighted by molar-refractivity contribution is 0.460. The van der Waals surface area contributed by atoms with Crippen LogP contribution in [0.15, 0.2) is 36.0 Å². The number of hydrogen-bond donors (Lipinski definition) is 1. The van der Waals surface area contributed by atoms with Crippen LogP contribution in [0.5, 0.6) is 0 Å². The first-order chi connectivity index (χ1) is 9.02. The van der Waals surface area contributed by atoms with Gasteiger partial charge in [-0.25, -0.2) is 13.4 Å². The standard InChI is InChI=1S/C13H21N3O2S/c1-4-5-6-9-16(3)19(17,18)13-8-7-12(10-14-2)11-15-13/h4,7-8,11,14H,1,5-6,9-10H2,2-3H3. The van der Waals surface area contributed by atoms with Crippen molar-refractivity contribution in [2.24, 2.45) is 0 Å². The minimum absolute atomic E-state index is 0.0912. The molecule has 0 spiro atoms. The number of unbranched alkanes of at least 4 members (excludes halogenated alkanes) is 1. The largest absolute Gasteiger partial charge is 0.316 e. The van der Waals surface area contributed by atoms with Gasteiger partial charge < -0.3 is 5.32 Å². The Morgan fingerprint density at radius 1 is 1.47 bits per heavy atom. The summed E-state index contributed by atoms with van der Waals surface area (Å²) in [4.78, 5) is 4.03. The Bertz CT molecular complexity index is 497. The zero-order valence-corrected chi connectivity index (χ0v) is 12.3. The zero-order valence-electron chi connectivity index (χ0n) is 11.5. The van der Waals surface area contributed by atoms with Crippen LogP contribution in [0.25, 0.3) is 0 Å². The summed E-state index contributed by atoms with van der Waals surface area (Å²) >= 11 is 0. The second-order valence-electron chi connectivity index (χ2n) is 4.29. The minimum Gasteiger partial charge on any atom is -0.316 e. The highest BCUT2D eigenvalue weighted by atomic mass is 32.2. The molecule has 0 aliphatic rings. The number of pyridine rings is 1. The van der Waals surface area contributed by atoms with Crippen molar-refractivity contribution >= 4 is 10.0 Å². The number of hydrogen-bond acceptors (Lipinski definition) is 4. The maximum Gasteiger partial charge on any atom is 0.260 e. The number of sulfonamides is 1. The van der Waals surface area contributed by atoms with Gasteiger partial charge in [-0.05, 0) is 31.5 Å². The Kier molecular flexibility index (Phi) is 6.14. The van der Waals surface area contributed by atoms with E-state index >= 15 is 0 Å². The van der Waals surface area contributed by atoms with Crippen LogP contribution in [0.2, 0.25) is 0 Å². The van der Waals surface area contributed by atoms with Gasteiger partial charge in [0, 0.05) is 26.3 Å². The summed E-state index contributed by atoms with van der Waals surface area (Å²) in [6.07, 6.45) is 4.93. The van der Waals surface area contributed by atoms with Gasteiger partial charge in [-0.15, -0.1) is 6.58 Å². The highest BCUT2D eigenvalue weighted by molar-refractivity contribution is 7.89. The molecule has 1 aromatic heterocycles. The van der Waals surface area contributed by atoms with E-state index in [-0.39, 0.29) is 5.03 Å². The lowest BCUT2D eigenvalue weighted by Gasteiger charge is -2.16. The lowest BCUT2D eigenvalue weighted by Crippen LogP contribution is -2.28. The second kappa shape index (κ2) is 7.37.